The van der Waals surface area contributed by atoms with E-state index in [0.29, 0.717) is 20.7 Å². The molecule has 0 fully saturated rings. The van der Waals surface area contributed by atoms with Crippen molar-refractivity contribution < 1.29 is 24.5 Å². The van der Waals surface area contributed by atoms with Crippen molar-refractivity contribution >= 4 is 73.5 Å². The van der Waals surface area contributed by atoms with Gasteiger partial charge in [0, 0.05) is 10.8 Å². The number of phenols is 1. The van der Waals surface area contributed by atoms with Crippen molar-refractivity contribution in [1.29, 1.82) is 0 Å². The number of thioether (sulfide) groups is 1. The summed E-state index contributed by atoms with van der Waals surface area (Å²) in [6, 6.07) is 18.6. The number of ketones is 1. The number of aromatic hydroxyl groups is 1. The molecule has 1 aliphatic rings. The SMILES string of the molecule is COc1cc(C2C(C(=O)C=Cc3ccccc3)=C(O)C(=O)N2c2nnc(SCc3ccccc3Cl)s2)cc(Br)c1O. The van der Waals surface area contributed by atoms with Crippen molar-refractivity contribution in [2.24, 2.45) is 0 Å². The van der Waals surface area contributed by atoms with Gasteiger partial charge in [-0.05, 0) is 56.9 Å². The summed E-state index contributed by atoms with van der Waals surface area (Å²) in [5.41, 5.74) is 1.96. The predicted octanol–water partition coefficient (Wildman–Crippen LogP) is 7.14. The van der Waals surface area contributed by atoms with Crippen LogP contribution in [0.5, 0.6) is 11.5 Å². The van der Waals surface area contributed by atoms with E-state index in [1.54, 1.807) is 18.2 Å². The first-order valence-corrected chi connectivity index (χ1v) is 15.1. The molecule has 0 spiro atoms. The summed E-state index contributed by atoms with van der Waals surface area (Å²) >= 11 is 12.1. The molecular weight excluding hydrogens is 650 g/mol. The van der Waals surface area contributed by atoms with E-state index in [0.717, 1.165) is 22.5 Å². The lowest BCUT2D eigenvalue weighted by atomic mass is 9.95. The zero-order chi connectivity index (χ0) is 29.1. The number of benzene rings is 3. The van der Waals surface area contributed by atoms with Crippen molar-refractivity contribution in [2.75, 3.05) is 12.0 Å². The second-order valence-electron chi connectivity index (χ2n) is 8.73. The van der Waals surface area contributed by atoms with Crippen molar-refractivity contribution in [3.8, 4) is 11.5 Å². The number of carbonyl (C=O) groups is 2. The Hall–Kier alpha value is -3.64. The highest BCUT2D eigenvalue weighted by molar-refractivity contribution is 9.10. The number of allylic oxidation sites excluding steroid dienone is 1. The molecule has 2 heterocycles. The van der Waals surface area contributed by atoms with Crippen molar-refractivity contribution in [1.82, 2.24) is 10.2 Å². The number of ether oxygens (including phenoxy) is 1. The Kier molecular flexibility index (Phi) is 8.79. The zero-order valence-electron chi connectivity index (χ0n) is 21.3. The maximum absolute atomic E-state index is 13.5. The molecule has 0 radical (unpaired) electrons. The number of hydrogen-bond donors (Lipinski definition) is 2. The van der Waals surface area contributed by atoms with Gasteiger partial charge in [-0.25, -0.2) is 0 Å². The summed E-state index contributed by atoms with van der Waals surface area (Å²) in [5, 5.41) is 30.7. The molecule has 0 aliphatic carbocycles. The summed E-state index contributed by atoms with van der Waals surface area (Å²) in [5.74, 6) is -1.55. The van der Waals surface area contributed by atoms with Gasteiger partial charge < -0.3 is 14.9 Å². The molecule has 2 N–H and O–H groups in total. The number of aromatic nitrogens is 2. The van der Waals surface area contributed by atoms with E-state index < -0.39 is 23.5 Å². The highest BCUT2D eigenvalue weighted by atomic mass is 79.9. The minimum absolute atomic E-state index is 0.119. The number of methoxy groups -OCH3 is 1. The van der Waals surface area contributed by atoms with Crippen molar-refractivity contribution in [3.63, 3.8) is 0 Å². The molecule has 0 saturated carbocycles. The van der Waals surface area contributed by atoms with Gasteiger partial charge >= 0.3 is 0 Å². The van der Waals surface area contributed by atoms with Gasteiger partial charge in [-0.2, -0.15) is 0 Å². The third-order valence-electron chi connectivity index (χ3n) is 6.20. The summed E-state index contributed by atoms with van der Waals surface area (Å²) in [7, 11) is 1.39. The van der Waals surface area contributed by atoms with Gasteiger partial charge in [0.15, 0.2) is 27.4 Å². The largest absolute Gasteiger partial charge is 0.503 e. The Bertz CT molecular complexity index is 1690. The van der Waals surface area contributed by atoms with Crippen LogP contribution in [0.3, 0.4) is 0 Å². The molecule has 4 aromatic rings. The van der Waals surface area contributed by atoms with Crippen LogP contribution in [0.1, 0.15) is 22.7 Å². The fourth-order valence-electron chi connectivity index (χ4n) is 4.22. The molecule has 1 aromatic heterocycles. The van der Waals surface area contributed by atoms with Crippen LogP contribution in [0, 0.1) is 0 Å². The van der Waals surface area contributed by atoms with E-state index in [9.17, 15) is 19.8 Å². The Morgan fingerprint density at radius 2 is 1.88 bits per heavy atom. The summed E-state index contributed by atoms with van der Waals surface area (Å²) < 4.78 is 6.16. The third-order valence-corrected chi connectivity index (χ3v) is 9.28. The minimum atomic E-state index is -1.07. The first kappa shape index (κ1) is 28.9. The summed E-state index contributed by atoms with van der Waals surface area (Å²) in [6.07, 6.45) is 2.91. The Morgan fingerprint density at radius 3 is 2.61 bits per heavy atom. The lowest BCUT2D eigenvalue weighted by Gasteiger charge is -2.24. The van der Waals surface area contributed by atoms with Crippen molar-refractivity contribution in [3.05, 3.63) is 110 Å². The number of nitrogens with zero attached hydrogens (tertiary/aromatic N) is 3. The second kappa shape index (κ2) is 12.5. The monoisotopic (exact) mass is 669 g/mol. The molecule has 0 bridgehead atoms. The predicted molar refractivity (Wildman–Crippen MR) is 164 cm³/mol. The average molecular weight is 671 g/mol. The van der Waals surface area contributed by atoms with Crippen molar-refractivity contribution in [2.45, 2.75) is 16.1 Å². The molecule has 208 valence electrons. The third kappa shape index (κ3) is 6.03. The topological polar surface area (TPSA) is 113 Å². The molecule has 8 nitrogen and oxygen atoms in total. The first-order valence-electron chi connectivity index (χ1n) is 12.1. The number of carbonyl (C=O) groups excluding carboxylic acids is 2. The number of hydrogen-bond acceptors (Lipinski definition) is 9. The van der Waals surface area contributed by atoms with Crippen LogP contribution in [0.25, 0.3) is 6.08 Å². The van der Waals surface area contributed by atoms with Gasteiger partial charge in [0.1, 0.15) is 0 Å². The average Bonchev–Trinajstić information content (AvgIpc) is 3.55. The summed E-state index contributed by atoms with van der Waals surface area (Å²) in [6.45, 7) is 0. The minimum Gasteiger partial charge on any atom is -0.503 e. The number of rotatable bonds is 9. The van der Waals surface area contributed by atoms with E-state index in [-0.39, 0.29) is 26.7 Å². The second-order valence-corrected chi connectivity index (χ2v) is 12.2. The molecule has 5 rings (SSSR count). The molecular formula is C29H21BrClN3O5S2. The molecule has 0 saturated heterocycles. The number of aliphatic hydroxyl groups is 1. The van der Waals surface area contributed by atoms with E-state index in [1.807, 2.05) is 48.5 Å². The molecule has 1 unspecified atom stereocenters. The van der Waals surface area contributed by atoms with E-state index in [1.165, 1.54) is 35.9 Å². The molecule has 3 aromatic carbocycles. The van der Waals surface area contributed by atoms with Crippen LogP contribution in [0.4, 0.5) is 5.13 Å². The van der Waals surface area contributed by atoms with Crippen LogP contribution >= 0.6 is 50.6 Å². The standard InChI is InChI=1S/C29H21BrClN3O5S2/c1-39-22-14-18(13-19(30)25(22)36)24-23(21(35)12-11-16-7-3-2-4-8-16)26(37)27(38)34(24)28-32-33-29(41-28)40-15-17-9-5-6-10-20(17)31/h2-14,24,36-37H,15H2,1H3. The van der Waals surface area contributed by atoms with Crippen LogP contribution < -0.4 is 9.64 Å². The number of phenolic OH excluding ortho intramolecular Hbond substituents is 1. The first-order chi connectivity index (χ1) is 19.8. The highest BCUT2D eigenvalue weighted by Crippen LogP contribution is 2.46. The fraction of sp³-hybridized carbons (Fsp3) is 0.103. The van der Waals surface area contributed by atoms with E-state index in [2.05, 4.69) is 26.1 Å². The highest BCUT2D eigenvalue weighted by Gasteiger charge is 2.45. The number of aliphatic hydroxyl groups excluding tert-OH is 1. The van der Waals surface area contributed by atoms with Gasteiger partial charge in [0.2, 0.25) is 5.13 Å². The van der Waals surface area contributed by atoms with Gasteiger partial charge in [-0.1, -0.05) is 89.3 Å². The lowest BCUT2D eigenvalue weighted by Crippen LogP contribution is -2.31. The Labute approximate surface area is 257 Å². The van der Waals surface area contributed by atoms with Crippen LogP contribution in [0.2, 0.25) is 5.02 Å². The maximum atomic E-state index is 13.5. The van der Waals surface area contributed by atoms with E-state index >= 15 is 0 Å². The van der Waals surface area contributed by atoms with Gasteiger partial charge in [-0.3, -0.25) is 14.5 Å². The maximum Gasteiger partial charge on any atom is 0.296 e. The zero-order valence-corrected chi connectivity index (χ0v) is 25.3. The summed E-state index contributed by atoms with van der Waals surface area (Å²) in [4.78, 5) is 28.2. The molecule has 1 amide bonds. The smallest absolute Gasteiger partial charge is 0.296 e. The van der Waals surface area contributed by atoms with Crippen LogP contribution in [0.15, 0.2) is 93.0 Å². The van der Waals surface area contributed by atoms with Gasteiger partial charge in [-0.15, -0.1) is 10.2 Å². The van der Waals surface area contributed by atoms with E-state index in [4.69, 9.17) is 16.3 Å². The van der Waals surface area contributed by atoms with Gasteiger partial charge in [0.25, 0.3) is 5.91 Å². The normalized spacial score (nSPS) is 15.2. The number of amides is 1. The molecule has 1 atom stereocenters. The van der Waals surface area contributed by atoms with Crippen LogP contribution in [-0.4, -0.2) is 39.2 Å². The Morgan fingerprint density at radius 1 is 1.15 bits per heavy atom. The quantitative estimate of drug-likeness (QED) is 0.110. The number of anilines is 1. The Balaban J connectivity index is 1.52. The number of halogens is 2. The van der Waals surface area contributed by atoms with Crippen LogP contribution in [-0.2, 0) is 15.3 Å². The molecule has 1 aliphatic heterocycles. The molecule has 41 heavy (non-hydrogen) atoms. The van der Waals surface area contributed by atoms with Gasteiger partial charge in [0.05, 0.1) is 23.2 Å². The molecule has 12 heteroatoms. The fourth-order valence-corrected chi connectivity index (χ4v) is 6.83. The lowest BCUT2D eigenvalue weighted by molar-refractivity contribution is -0.117.